The molecule has 0 aliphatic heterocycles. The predicted molar refractivity (Wildman–Crippen MR) is 81.6 cm³/mol. The summed E-state index contributed by atoms with van der Waals surface area (Å²) in [6.07, 6.45) is 6.24. The van der Waals surface area contributed by atoms with Crippen LogP contribution in [0.15, 0.2) is 30.5 Å². The average molecular weight is 256 g/mol. The van der Waals surface area contributed by atoms with Crippen molar-refractivity contribution in [3.63, 3.8) is 0 Å². The maximum atomic E-state index is 3.63. The highest BCUT2D eigenvalue weighted by molar-refractivity contribution is 5.84. The molecule has 2 aromatic rings. The summed E-state index contributed by atoms with van der Waals surface area (Å²) in [6, 6.07) is 9.53. The molecule has 3 rings (SSSR count). The van der Waals surface area contributed by atoms with Crippen molar-refractivity contribution in [2.45, 2.75) is 44.6 Å². The van der Waals surface area contributed by atoms with Crippen LogP contribution >= 0.6 is 0 Å². The number of benzene rings is 1. The molecule has 0 radical (unpaired) electrons. The van der Waals surface area contributed by atoms with Gasteiger partial charge in [0, 0.05) is 30.2 Å². The number of aryl methyl sites for hydroxylation is 1. The average Bonchev–Trinajstić information content (AvgIpc) is 3.13. The Labute approximate surface area is 115 Å². The van der Waals surface area contributed by atoms with Gasteiger partial charge in [-0.05, 0) is 42.9 Å². The topological polar surface area (TPSA) is 17.0 Å². The van der Waals surface area contributed by atoms with Gasteiger partial charge >= 0.3 is 0 Å². The molecule has 0 bridgehead atoms. The number of rotatable bonds is 5. The maximum absolute atomic E-state index is 3.63. The van der Waals surface area contributed by atoms with Gasteiger partial charge in [0.05, 0.1) is 0 Å². The molecule has 2 heteroatoms. The fraction of sp³-hybridized carbons (Fsp3) is 0.529. The Morgan fingerprint density at radius 3 is 2.74 bits per heavy atom. The molecule has 1 aromatic carbocycles. The number of hydrogen-bond donors (Lipinski definition) is 1. The molecule has 1 aliphatic carbocycles. The van der Waals surface area contributed by atoms with Gasteiger partial charge in [0.25, 0.3) is 0 Å². The fourth-order valence-corrected chi connectivity index (χ4v) is 2.89. The molecule has 102 valence electrons. The molecular formula is C17H24N2. The third kappa shape index (κ3) is 2.55. The van der Waals surface area contributed by atoms with Crippen LogP contribution in [0.4, 0.5) is 0 Å². The predicted octanol–water partition coefficient (Wildman–Crippen LogP) is 3.60. The lowest BCUT2D eigenvalue weighted by Gasteiger charge is -2.24. The van der Waals surface area contributed by atoms with E-state index in [1.165, 1.54) is 35.7 Å². The molecule has 1 aliphatic rings. The molecule has 0 amide bonds. The smallest absolute Gasteiger partial charge is 0.0480 e. The first-order valence-corrected chi connectivity index (χ1v) is 7.36. The Kier molecular flexibility index (Phi) is 3.14. The van der Waals surface area contributed by atoms with Crippen LogP contribution in [0.5, 0.6) is 0 Å². The minimum atomic E-state index is 0.225. The van der Waals surface area contributed by atoms with E-state index >= 15 is 0 Å². The monoisotopic (exact) mass is 256 g/mol. The van der Waals surface area contributed by atoms with Gasteiger partial charge in [-0.15, -0.1) is 0 Å². The zero-order valence-corrected chi connectivity index (χ0v) is 12.2. The summed E-state index contributed by atoms with van der Waals surface area (Å²) in [7, 11) is 2.14. The highest BCUT2D eigenvalue weighted by Gasteiger charge is 2.26. The minimum Gasteiger partial charge on any atom is -0.350 e. The van der Waals surface area contributed by atoms with Gasteiger partial charge in [0.15, 0.2) is 0 Å². The second-order valence-electron chi connectivity index (χ2n) is 6.53. The molecule has 1 fully saturated rings. The fourth-order valence-electron chi connectivity index (χ4n) is 2.89. The molecule has 0 saturated heterocycles. The van der Waals surface area contributed by atoms with Gasteiger partial charge in [-0.1, -0.05) is 32.0 Å². The second-order valence-corrected chi connectivity index (χ2v) is 6.53. The molecular weight excluding hydrogens is 232 g/mol. The molecule has 1 aromatic heterocycles. The Morgan fingerprint density at radius 1 is 1.26 bits per heavy atom. The van der Waals surface area contributed by atoms with Crippen LogP contribution < -0.4 is 5.32 Å². The van der Waals surface area contributed by atoms with E-state index in [4.69, 9.17) is 0 Å². The number of nitrogens with zero attached hydrogens (tertiary/aromatic N) is 1. The van der Waals surface area contributed by atoms with Crippen molar-refractivity contribution in [2.75, 3.05) is 6.54 Å². The van der Waals surface area contributed by atoms with Crippen LogP contribution in [-0.2, 0) is 12.5 Å². The molecule has 0 unspecified atom stereocenters. The summed E-state index contributed by atoms with van der Waals surface area (Å²) in [6.45, 7) is 5.85. The van der Waals surface area contributed by atoms with Crippen LogP contribution in [0.1, 0.15) is 38.7 Å². The Hall–Kier alpha value is -1.28. The number of para-hydroxylation sites is 1. The largest absolute Gasteiger partial charge is 0.350 e. The summed E-state index contributed by atoms with van der Waals surface area (Å²) in [4.78, 5) is 0. The second kappa shape index (κ2) is 4.68. The van der Waals surface area contributed by atoms with Gasteiger partial charge in [-0.25, -0.2) is 0 Å². The summed E-state index contributed by atoms with van der Waals surface area (Å²) < 4.78 is 2.25. The summed E-state index contributed by atoms with van der Waals surface area (Å²) >= 11 is 0. The number of hydrogen-bond acceptors (Lipinski definition) is 1. The van der Waals surface area contributed by atoms with Crippen LogP contribution in [0.3, 0.4) is 0 Å². The lowest BCUT2D eigenvalue weighted by atomic mass is 9.81. The van der Waals surface area contributed by atoms with E-state index in [1.807, 2.05) is 0 Å². The molecule has 0 spiro atoms. The molecule has 0 atom stereocenters. The van der Waals surface area contributed by atoms with E-state index in [2.05, 4.69) is 61.2 Å². The third-order valence-electron chi connectivity index (χ3n) is 4.39. The Bertz CT molecular complexity index is 576. The quantitative estimate of drug-likeness (QED) is 0.865. The van der Waals surface area contributed by atoms with E-state index in [0.717, 1.165) is 12.6 Å². The van der Waals surface area contributed by atoms with Crippen LogP contribution in [-0.4, -0.2) is 17.2 Å². The first-order valence-electron chi connectivity index (χ1n) is 7.36. The summed E-state index contributed by atoms with van der Waals surface area (Å²) in [5.41, 5.74) is 3.03. The summed E-state index contributed by atoms with van der Waals surface area (Å²) in [5, 5.41) is 5.03. The highest BCUT2D eigenvalue weighted by atomic mass is 14.9. The molecule has 19 heavy (non-hydrogen) atoms. The summed E-state index contributed by atoms with van der Waals surface area (Å²) in [5.74, 6) is 0. The van der Waals surface area contributed by atoms with Crippen LogP contribution in [0.2, 0.25) is 0 Å². The van der Waals surface area contributed by atoms with Gasteiger partial charge in [0.2, 0.25) is 0 Å². The van der Waals surface area contributed by atoms with Crippen molar-refractivity contribution in [1.82, 2.24) is 9.88 Å². The SMILES string of the molecule is Cn1cc(C(C)(C)CCNC2CC2)c2ccccc21. The van der Waals surface area contributed by atoms with E-state index in [9.17, 15) is 0 Å². The van der Waals surface area contributed by atoms with Crippen molar-refractivity contribution in [2.24, 2.45) is 7.05 Å². The van der Waals surface area contributed by atoms with Gasteiger partial charge in [-0.2, -0.15) is 0 Å². The van der Waals surface area contributed by atoms with Crippen LogP contribution in [0, 0.1) is 0 Å². The first kappa shape index (κ1) is 12.7. The number of aromatic nitrogens is 1. The van der Waals surface area contributed by atoms with E-state index in [0.29, 0.717) is 0 Å². The number of nitrogens with one attached hydrogen (secondary N) is 1. The zero-order chi connectivity index (χ0) is 13.5. The van der Waals surface area contributed by atoms with Crippen molar-refractivity contribution in [1.29, 1.82) is 0 Å². The third-order valence-corrected chi connectivity index (χ3v) is 4.39. The normalized spacial score (nSPS) is 16.2. The molecule has 1 N–H and O–H groups in total. The lowest BCUT2D eigenvalue weighted by molar-refractivity contribution is 0.458. The Morgan fingerprint density at radius 2 is 2.00 bits per heavy atom. The molecule has 1 saturated carbocycles. The van der Waals surface area contributed by atoms with Crippen molar-refractivity contribution in [3.05, 3.63) is 36.0 Å². The Balaban J connectivity index is 1.84. The van der Waals surface area contributed by atoms with E-state index < -0.39 is 0 Å². The molecule has 1 heterocycles. The lowest BCUT2D eigenvalue weighted by Crippen LogP contribution is -2.26. The van der Waals surface area contributed by atoms with Crippen molar-refractivity contribution in [3.8, 4) is 0 Å². The van der Waals surface area contributed by atoms with E-state index in [-0.39, 0.29) is 5.41 Å². The van der Waals surface area contributed by atoms with Gasteiger partial charge < -0.3 is 9.88 Å². The zero-order valence-electron chi connectivity index (χ0n) is 12.2. The first-order chi connectivity index (χ1) is 9.08. The van der Waals surface area contributed by atoms with E-state index in [1.54, 1.807) is 0 Å². The molecule has 2 nitrogen and oxygen atoms in total. The minimum absolute atomic E-state index is 0.225. The van der Waals surface area contributed by atoms with Crippen LogP contribution in [0.25, 0.3) is 10.9 Å². The van der Waals surface area contributed by atoms with Gasteiger partial charge in [-0.3, -0.25) is 0 Å². The van der Waals surface area contributed by atoms with Crippen molar-refractivity contribution < 1.29 is 0 Å². The standard InChI is InChI=1S/C17H24N2/c1-17(2,10-11-18-13-8-9-13)15-12-19(3)16-7-5-4-6-14(15)16/h4-7,12-13,18H,8-11H2,1-3H3. The van der Waals surface area contributed by atoms with Crippen molar-refractivity contribution >= 4 is 10.9 Å². The maximum Gasteiger partial charge on any atom is 0.0480 e. The van der Waals surface area contributed by atoms with Gasteiger partial charge in [0.1, 0.15) is 0 Å². The highest BCUT2D eigenvalue weighted by Crippen LogP contribution is 2.34. The number of fused-ring (bicyclic) bond motifs is 1.